The molecule has 25 heavy (non-hydrogen) atoms. The standard InChI is InChI=1S/C17H13Cl2N5S/c18-13-4-1-5-14(19)12(13)8-24-10-23-16(15-17(24)22-9-21-15)20-7-11-3-2-6-25-11/h1-6,9-10H,7-8H2,(H,21,22). The smallest absolute Gasteiger partial charge is 0.177 e. The van der Waals surface area contributed by atoms with Gasteiger partial charge in [-0.3, -0.25) is 4.99 Å². The SMILES string of the molecule is Clc1cccc(Cl)c1Cn1cnc(=NCc2cccs2)c2[nH]cnc21. The van der Waals surface area contributed by atoms with Crippen molar-refractivity contribution in [2.45, 2.75) is 13.1 Å². The summed E-state index contributed by atoms with van der Waals surface area (Å²) >= 11 is 14.2. The predicted octanol–water partition coefficient (Wildman–Crippen LogP) is 4.28. The second-order valence-corrected chi connectivity index (χ2v) is 7.24. The van der Waals surface area contributed by atoms with Crippen molar-refractivity contribution in [3.05, 3.63) is 74.3 Å². The second-order valence-electron chi connectivity index (χ2n) is 5.39. The van der Waals surface area contributed by atoms with Gasteiger partial charge < -0.3 is 9.55 Å². The number of halogens is 2. The minimum absolute atomic E-state index is 0.484. The third kappa shape index (κ3) is 3.33. The maximum atomic E-state index is 6.28. The van der Waals surface area contributed by atoms with Crippen molar-refractivity contribution in [3.63, 3.8) is 0 Å². The molecule has 0 spiro atoms. The lowest BCUT2D eigenvalue weighted by atomic mass is 10.2. The van der Waals surface area contributed by atoms with Crippen LogP contribution in [0.2, 0.25) is 10.0 Å². The summed E-state index contributed by atoms with van der Waals surface area (Å²) in [6.07, 6.45) is 3.36. The maximum absolute atomic E-state index is 6.28. The molecule has 0 saturated carbocycles. The van der Waals surface area contributed by atoms with Gasteiger partial charge >= 0.3 is 0 Å². The Bertz CT molecular complexity index is 1060. The Hall–Kier alpha value is -2.15. The predicted molar refractivity (Wildman–Crippen MR) is 101 cm³/mol. The van der Waals surface area contributed by atoms with Crippen LogP contribution in [-0.4, -0.2) is 19.5 Å². The molecule has 0 bridgehead atoms. The summed E-state index contributed by atoms with van der Waals surface area (Å²) in [5, 5.41) is 3.28. The van der Waals surface area contributed by atoms with Crippen LogP contribution in [0.15, 0.2) is 53.4 Å². The molecule has 0 radical (unpaired) electrons. The summed E-state index contributed by atoms with van der Waals surface area (Å²) in [7, 11) is 0. The van der Waals surface area contributed by atoms with Crippen LogP contribution < -0.4 is 5.49 Å². The first kappa shape index (κ1) is 16.3. The number of thiophene rings is 1. The molecule has 5 nitrogen and oxygen atoms in total. The van der Waals surface area contributed by atoms with E-state index in [0.717, 1.165) is 16.7 Å². The van der Waals surface area contributed by atoms with Crippen LogP contribution in [0.3, 0.4) is 0 Å². The Balaban J connectivity index is 1.74. The fourth-order valence-electron chi connectivity index (χ4n) is 2.56. The normalized spacial score (nSPS) is 12.2. The molecule has 3 aromatic heterocycles. The number of nitrogens with one attached hydrogen (secondary N) is 1. The van der Waals surface area contributed by atoms with E-state index in [9.17, 15) is 0 Å². The highest BCUT2D eigenvalue weighted by Crippen LogP contribution is 2.25. The van der Waals surface area contributed by atoms with E-state index in [0.29, 0.717) is 28.6 Å². The van der Waals surface area contributed by atoms with E-state index in [1.54, 1.807) is 24.0 Å². The number of imidazole rings is 1. The molecule has 0 aliphatic rings. The third-order valence-corrected chi connectivity index (χ3v) is 5.36. The Kier molecular flexibility index (Phi) is 4.57. The van der Waals surface area contributed by atoms with Crippen molar-refractivity contribution in [2.24, 2.45) is 4.99 Å². The van der Waals surface area contributed by atoms with E-state index < -0.39 is 0 Å². The van der Waals surface area contributed by atoms with Crippen LogP contribution >= 0.6 is 34.5 Å². The minimum Gasteiger partial charge on any atom is -0.340 e. The first-order chi connectivity index (χ1) is 12.2. The Morgan fingerprint density at radius 3 is 2.72 bits per heavy atom. The Morgan fingerprint density at radius 1 is 1.12 bits per heavy atom. The highest BCUT2D eigenvalue weighted by atomic mass is 35.5. The average Bonchev–Trinajstić information content (AvgIpc) is 3.28. The van der Waals surface area contributed by atoms with Crippen molar-refractivity contribution in [1.82, 2.24) is 19.5 Å². The minimum atomic E-state index is 0.484. The molecule has 1 aromatic carbocycles. The fourth-order valence-corrected chi connectivity index (χ4v) is 3.70. The van der Waals surface area contributed by atoms with E-state index >= 15 is 0 Å². The average molecular weight is 390 g/mol. The number of rotatable bonds is 4. The molecule has 0 unspecified atom stereocenters. The summed E-state index contributed by atoms with van der Waals surface area (Å²) in [5.41, 5.74) is 3.03. The highest BCUT2D eigenvalue weighted by Gasteiger charge is 2.10. The van der Waals surface area contributed by atoms with E-state index in [-0.39, 0.29) is 0 Å². The zero-order valence-electron chi connectivity index (χ0n) is 13.0. The van der Waals surface area contributed by atoms with E-state index in [2.05, 4.69) is 26.0 Å². The maximum Gasteiger partial charge on any atom is 0.177 e. The summed E-state index contributed by atoms with van der Waals surface area (Å²) in [6.45, 7) is 1.08. The largest absolute Gasteiger partial charge is 0.340 e. The summed E-state index contributed by atoms with van der Waals surface area (Å²) < 4.78 is 1.91. The number of benzene rings is 1. The van der Waals surface area contributed by atoms with E-state index in [1.165, 1.54) is 4.88 Å². The van der Waals surface area contributed by atoms with Gasteiger partial charge in [-0.2, -0.15) is 0 Å². The summed E-state index contributed by atoms with van der Waals surface area (Å²) in [6, 6.07) is 9.54. The van der Waals surface area contributed by atoms with Crippen molar-refractivity contribution < 1.29 is 0 Å². The lowest BCUT2D eigenvalue weighted by Crippen LogP contribution is -2.15. The van der Waals surface area contributed by atoms with Gasteiger partial charge in [0, 0.05) is 20.5 Å². The van der Waals surface area contributed by atoms with Gasteiger partial charge in [0.25, 0.3) is 0 Å². The van der Waals surface area contributed by atoms with Gasteiger partial charge in [0.1, 0.15) is 5.52 Å². The Labute approximate surface area is 157 Å². The molecular formula is C17H13Cl2N5S. The lowest BCUT2D eigenvalue weighted by molar-refractivity contribution is 0.782. The van der Waals surface area contributed by atoms with E-state index in [1.807, 2.05) is 34.2 Å². The van der Waals surface area contributed by atoms with Gasteiger partial charge in [-0.25, -0.2) is 9.97 Å². The number of nitrogens with zero attached hydrogens (tertiary/aromatic N) is 4. The van der Waals surface area contributed by atoms with Crippen LogP contribution in [0.1, 0.15) is 10.4 Å². The molecule has 8 heteroatoms. The van der Waals surface area contributed by atoms with Crippen molar-refractivity contribution in [3.8, 4) is 0 Å². The zero-order valence-corrected chi connectivity index (χ0v) is 15.3. The number of fused-ring (bicyclic) bond motifs is 1. The molecule has 3 heterocycles. The summed E-state index contributed by atoms with van der Waals surface area (Å²) in [4.78, 5) is 17.8. The highest BCUT2D eigenvalue weighted by molar-refractivity contribution is 7.09. The quantitative estimate of drug-likeness (QED) is 0.566. The molecule has 126 valence electrons. The molecule has 0 saturated heterocycles. The number of aromatic nitrogens is 4. The second kappa shape index (κ2) is 7.00. The first-order valence-electron chi connectivity index (χ1n) is 7.56. The molecule has 1 N–H and O–H groups in total. The number of hydrogen-bond donors (Lipinski definition) is 1. The van der Waals surface area contributed by atoms with Gasteiger partial charge in [0.2, 0.25) is 0 Å². The molecular weight excluding hydrogens is 377 g/mol. The topological polar surface area (TPSA) is 58.9 Å². The monoisotopic (exact) mass is 389 g/mol. The first-order valence-corrected chi connectivity index (χ1v) is 9.20. The fraction of sp³-hybridized carbons (Fsp3) is 0.118. The van der Waals surface area contributed by atoms with Gasteiger partial charge in [-0.05, 0) is 23.6 Å². The van der Waals surface area contributed by atoms with Crippen molar-refractivity contribution in [1.29, 1.82) is 0 Å². The van der Waals surface area contributed by atoms with Gasteiger partial charge in [-0.15, -0.1) is 11.3 Å². The van der Waals surface area contributed by atoms with Crippen LogP contribution in [0.25, 0.3) is 11.2 Å². The molecule has 0 aliphatic carbocycles. The van der Waals surface area contributed by atoms with Gasteiger partial charge in [-0.1, -0.05) is 35.3 Å². The number of aromatic amines is 1. The molecule has 4 rings (SSSR count). The lowest BCUT2D eigenvalue weighted by Gasteiger charge is -2.10. The molecule has 4 aromatic rings. The van der Waals surface area contributed by atoms with Gasteiger partial charge in [0.15, 0.2) is 11.1 Å². The van der Waals surface area contributed by atoms with Crippen LogP contribution in [0.5, 0.6) is 0 Å². The molecule has 0 atom stereocenters. The van der Waals surface area contributed by atoms with Crippen molar-refractivity contribution >= 4 is 45.7 Å². The number of hydrogen-bond acceptors (Lipinski definition) is 4. The van der Waals surface area contributed by atoms with Crippen LogP contribution in [-0.2, 0) is 13.1 Å². The number of H-pyrrole nitrogens is 1. The van der Waals surface area contributed by atoms with Crippen molar-refractivity contribution in [2.75, 3.05) is 0 Å². The Morgan fingerprint density at radius 2 is 1.96 bits per heavy atom. The molecule has 0 fully saturated rings. The van der Waals surface area contributed by atoms with Crippen LogP contribution in [0.4, 0.5) is 0 Å². The van der Waals surface area contributed by atoms with Gasteiger partial charge in [0.05, 0.1) is 25.7 Å². The third-order valence-electron chi connectivity index (χ3n) is 3.79. The molecule has 0 aliphatic heterocycles. The molecule has 0 amide bonds. The summed E-state index contributed by atoms with van der Waals surface area (Å²) in [5.74, 6) is 0. The van der Waals surface area contributed by atoms with Crippen LogP contribution in [0, 0.1) is 0 Å². The van der Waals surface area contributed by atoms with E-state index in [4.69, 9.17) is 23.2 Å². The zero-order chi connectivity index (χ0) is 17.2.